The molecular formula is C12H16N2O. The Morgan fingerprint density at radius 3 is 3.00 bits per heavy atom. The number of rotatable bonds is 1. The van der Waals surface area contributed by atoms with E-state index in [0.29, 0.717) is 6.42 Å². The van der Waals surface area contributed by atoms with E-state index in [1.807, 2.05) is 24.8 Å². The molecule has 1 aliphatic heterocycles. The second kappa shape index (κ2) is 3.93. The molecule has 1 aliphatic rings. The van der Waals surface area contributed by atoms with Gasteiger partial charge in [0.25, 0.3) is 0 Å². The van der Waals surface area contributed by atoms with Gasteiger partial charge in [-0.3, -0.25) is 4.79 Å². The number of hydrogen-bond donors (Lipinski definition) is 1. The number of nitrogens with zero attached hydrogens (tertiary/aromatic N) is 1. The Morgan fingerprint density at radius 1 is 1.47 bits per heavy atom. The van der Waals surface area contributed by atoms with Crippen LogP contribution in [-0.2, 0) is 4.79 Å². The van der Waals surface area contributed by atoms with Crippen LogP contribution in [0.2, 0.25) is 0 Å². The van der Waals surface area contributed by atoms with Crippen molar-refractivity contribution in [1.29, 1.82) is 0 Å². The first-order valence-electron chi connectivity index (χ1n) is 5.37. The van der Waals surface area contributed by atoms with Gasteiger partial charge in [0.1, 0.15) is 0 Å². The molecule has 0 aliphatic carbocycles. The lowest BCUT2D eigenvalue weighted by molar-refractivity contribution is -0.118. The average molecular weight is 204 g/mol. The summed E-state index contributed by atoms with van der Waals surface area (Å²) in [6, 6.07) is 6.18. The van der Waals surface area contributed by atoms with Crippen LogP contribution in [0.1, 0.15) is 18.9 Å². The Balaban J connectivity index is 2.49. The highest BCUT2D eigenvalue weighted by Crippen LogP contribution is 2.29. The van der Waals surface area contributed by atoms with Gasteiger partial charge in [-0.25, -0.2) is 0 Å². The second-order valence-electron chi connectivity index (χ2n) is 3.84. The number of hydrogen-bond acceptors (Lipinski definition) is 2. The van der Waals surface area contributed by atoms with Crippen molar-refractivity contribution in [3.05, 3.63) is 23.8 Å². The zero-order valence-electron chi connectivity index (χ0n) is 9.21. The fourth-order valence-corrected chi connectivity index (χ4v) is 1.93. The van der Waals surface area contributed by atoms with Gasteiger partial charge in [0.15, 0.2) is 0 Å². The molecule has 0 spiro atoms. The van der Waals surface area contributed by atoms with E-state index >= 15 is 0 Å². The average Bonchev–Trinajstić information content (AvgIpc) is 2.36. The molecule has 1 heterocycles. The predicted octanol–water partition coefficient (Wildman–Crippen LogP) is 2.16. The number of benzene rings is 1. The van der Waals surface area contributed by atoms with E-state index in [1.165, 1.54) is 5.56 Å². The third-order valence-electron chi connectivity index (χ3n) is 2.72. The van der Waals surface area contributed by atoms with Gasteiger partial charge in [-0.1, -0.05) is 6.07 Å². The zero-order valence-corrected chi connectivity index (χ0v) is 9.21. The Morgan fingerprint density at radius 2 is 2.27 bits per heavy atom. The topological polar surface area (TPSA) is 32.3 Å². The highest BCUT2D eigenvalue weighted by Gasteiger charge is 2.20. The Kier molecular flexibility index (Phi) is 2.62. The summed E-state index contributed by atoms with van der Waals surface area (Å²) in [5.41, 5.74) is 3.26. The lowest BCUT2D eigenvalue weighted by atomic mass is 10.1. The van der Waals surface area contributed by atoms with Crippen molar-refractivity contribution in [2.24, 2.45) is 0 Å². The summed E-state index contributed by atoms with van der Waals surface area (Å²) in [6.07, 6.45) is 0.571. The van der Waals surface area contributed by atoms with E-state index in [2.05, 4.69) is 17.4 Å². The first kappa shape index (κ1) is 10.0. The number of anilines is 2. The summed E-state index contributed by atoms with van der Waals surface area (Å²) in [5, 5.41) is 3.28. The van der Waals surface area contributed by atoms with Crippen molar-refractivity contribution < 1.29 is 4.79 Å². The van der Waals surface area contributed by atoms with Crippen molar-refractivity contribution >= 4 is 17.3 Å². The summed E-state index contributed by atoms with van der Waals surface area (Å²) < 4.78 is 0. The maximum Gasteiger partial charge on any atom is 0.228 e. The Bertz CT molecular complexity index is 387. The van der Waals surface area contributed by atoms with Gasteiger partial charge in [-0.15, -0.1) is 0 Å². The molecule has 1 N–H and O–H groups in total. The van der Waals surface area contributed by atoms with Gasteiger partial charge in [-0.2, -0.15) is 0 Å². The Labute approximate surface area is 90.1 Å². The third-order valence-corrected chi connectivity index (χ3v) is 2.72. The fraction of sp³-hybridized carbons (Fsp3) is 0.417. The van der Waals surface area contributed by atoms with E-state index < -0.39 is 0 Å². The number of carbonyl (C=O) groups is 1. The lowest BCUT2D eigenvalue weighted by Gasteiger charge is -2.21. The van der Waals surface area contributed by atoms with E-state index in [-0.39, 0.29) is 5.91 Å². The van der Waals surface area contributed by atoms with Crippen molar-refractivity contribution in [1.82, 2.24) is 0 Å². The van der Waals surface area contributed by atoms with Crippen LogP contribution in [0, 0.1) is 6.92 Å². The van der Waals surface area contributed by atoms with E-state index in [4.69, 9.17) is 0 Å². The molecule has 0 atom stereocenters. The van der Waals surface area contributed by atoms with Crippen LogP contribution in [0.3, 0.4) is 0 Å². The summed E-state index contributed by atoms with van der Waals surface area (Å²) in [6.45, 7) is 5.52. The smallest absolute Gasteiger partial charge is 0.228 e. The maximum atomic E-state index is 11.8. The van der Waals surface area contributed by atoms with Gasteiger partial charge in [-0.05, 0) is 31.5 Å². The van der Waals surface area contributed by atoms with Gasteiger partial charge in [0.05, 0.1) is 11.4 Å². The molecule has 0 saturated heterocycles. The van der Waals surface area contributed by atoms with Crippen molar-refractivity contribution in [2.45, 2.75) is 20.3 Å². The molecular weight excluding hydrogens is 188 g/mol. The minimum absolute atomic E-state index is 0.203. The standard InChI is InChI=1S/C12H16N2O/c1-3-14-11-8-9(2)4-5-10(11)13-7-6-12(14)15/h4-5,8,13H,3,6-7H2,1-2H3. The van der Waals surface area contributed by atoms with Gasteiger partial charge in [0.2, 0.25) is 5.91 Å². The highest BCUT2D eigenvalue weighted by molar-refractivity contribution is 5.98. The van der Waals surface area contributed by atoms with Crippen molar-refractivity contribution in [3.63, 3.8) is 0 Å². The molecule has 0 radical (unpaired) electrons. The molecule has 1 aromatic rings. The summed E-state index contributed by atoms with van der Waals surface area (Å²) in [7, 11) is 0. The van der Waals surface area contributed by atoms with Gasteiger partial charge < -0.3 is 10.2 Å². The number of aryl methyl sites for hydroxylation is 1. The van der Waals surface area contributed by atoms with E-state index in [9.17, 15) is 4.79 Å². The normalized spacial score (nSPS) is 15.6. The molecule has 0 aromatic heterocycles. The number of fused-ring (bicyclic) bond motifs is 1. The molecule has 1 amide bonds. The van der Waals surface area contributed by atoms with Gasteiger partial charge in [0, 0.05) is 19.5 Å². The first-order valence-corrected chi connectivity index (χ1v) is 5.37. The third kappa shape index (κ3) is 1.82. The minimum atomic E-state index is 0.203. The number of amides is 1. The highest BCUT2D eigenvalue weighted by atomic mass is 16.2. The SMILES string of the molecule is CCN1C(=O)CCNc2ccc(C)cc21. The molecule has 0 bridgehead atoms. The van der Waals surface area contributed by atoms with E-state index in [1.54, 1.807) is 0 Å². The quantitative estimate of drug-likeness (QED) is 0.760. The molecule has 2 rings (SSSR count). The summed E-state index contributed by atoms with van der Waals surface area (Å²) in [4.78, 5) is 13.7. The molecule has 0 saturated carbocycles. The molecule has 15 heavy (non-hydrogen) atoms. The van der Waals surface area contributed by atoms with Crippen LogP contribution in [-0.4, -0.2) is 19.0 Å². The van der Waals surface area contributed by atoms with Crippen LogP contribution in [0.15, 0.2) is 18.2 Å². The zero-order chi connectivity index (χ0) is 10.8. The van der Waals surface area contributed by atoms with Crippen molar-refractivity contribution in [3.8, 4) is 0 Å². The maximum absolute atomic E-state index is 11.8. The van der Waals surface area contributed by atoms with Crippen LogP contribution in [0.25, 0.3) is 0 Å². The first-order chi connectivity index (χ1) is 7.22. The molecule has 0 fully saturated rings. The monoisotopic (exact) mass is 204 g/mol. The predicted molar refractivity (Wildman–Crippen MR) is 62.3 cm³/mol. The molecule has 1 aromatic carbocycles. The summed E-state index contributed by atoms with van der Waals surface area (Å²) >= 11 is 0. The minimum Gasteiger partial charge on any atom is -0.383 e. The largest absolute Gasteiger partial charge is 0.383 e. The molecule has 3 nitrogen and oxygen atoms in total. The van der Waals surface area contributed by atoms with Gasteiger partial charge >= 0.3 is 0 Å². The van der Waals surface area contributed by atoms with Crippen LogP contribution in [0.5, 0.6) is 0 Å². The number of carbonyl (C=O) groups excluding carboxylic acids is 1. The lowest BCUT2D eigenvalue weighted by Crippen LogP contribution is -2.29. The summed E-state index contributed by atoms with van der Waals surface area (Å²) in [5.74, 6) is 0.203. The van der Waals surface area contributed by atoms with Crippen LogP contribution < -0.4 is 10.2 Å². The van der Waals surface area contributed by atoms with E-state index in [0.717, 1.165) is 24.5 Å². The van der Waals surface area contributed by atoms with Crippen molar-refractivity contribution in [2.75, 3.05) is 23.3 Å². The second-order valence-corrected chi connectivity index (χ2v) is 3.84. The number of nitrogens with one attached hydrogen (secondary N) is 1. The fourth-order valence-electron chi connectivity index (χ4n) is 1.93. The molecule has 3 heteroatoms. The van der Waals surface area contributed by atoms with Crippen LogP contribution in [0.4, 0.5) is 11.4 Å². The van der Waals surface area contributed by atoms with Crippen LogP contribution >= 0.6 is 0 Å². The Hall–Kier alpha value is -1.51. The molecule has 80 valence electrons. The molecule has 0 unspecified atom stereocenters.